The number of hydrogen-bond acceptors (Lipinski definition) is 44. The maximum absolute atomic E-state index is 13.5. The summed E-state index contributed by atoms with van der Waals surface area (Å²) in [5.74, 6) is 1.82. The SMILES string of the molecule is C.C.C.C.C.COC(=O)NC(CCc1c(C)nc2n1C(=O)C1N=CN(C(C)(C)C)C1N2C)COC=O.COC(=O)NC(COC=O)C(Cc1c(C)nc2n1C(=O)C1N=CN(C(C)(C)C)C1N2C)OO.COC(=O)NC(COC=O)C(O)Cc1c(C)nc2n1C(=O)C1N=CN(C(C)(C)C)C1N2C.Cc1cn2c(n1)N(C)C1C(N=CN1C(C)(C)C)C2=O.Cc1nc2n(c1CC(O)C(N)OC=O)C(=O)C1N=CN(C(C)(C)C)C1N2C. The fourth-order valence-electron chi connectivity index (χ4n) is 18.6. The van der Waals surface area contributed by atoms with Gasteiger partial charge in [0.25, 0.3) is 55.4 Å². The summed E-state index contributed by atoms with van der Waals surface area (Å²) in [4.78, 5) is 213. The number of likely N-dealkylation sites (N-methyl/N-ethyl adjacent to an activating group) is 5. The van der Waals surface area contributed by atoms with E-state index in [0.29, 0.717) is 83.2 Å². The fraction of sp³-hybridized carbons (Fsp3) is 0.663. The molecule has 5 aromatic heterocycles. The van der Waals surface area contributed by atoms with E-state index in [9.17, 15) is 73.0 Å². The number of anilines is 5. The van der Waals surface area contributed by atoms with E-state index in [1.165, 1.54) is 35.0 Å². The average molecular weight is 2070 g/mol. The Bertz CT molecular complexity index is 5670. The van der Waals surface area contributed by atoms with Crippen LogP contribution in [0.4, 0.5) is 44.1 Å². The molecule has 0 bridgehead atoms. The standard InChI is InChI=1S/C20H30N6O7.C20H30N6O6.C20H30N6O5.C17H26N6O4.C13H19N5O.5CH4/c1-11-13(7-14(33-30)12(8-32-10-27)23-19(29)31-6)26-17(28)15-16(24(5)18(26)22-11)25(9-21-15)20(2,3)4;1-11-13(7-14(28)12(8-32-10-27)23-19(30)31-6)26-17(29)15-16(24(5)18(26)22-11)25(9-21-15)20(2,3)4;1-12-14(8-7-13(9-31-11-27)23-19(29)30-6)26-17(28)15-16(24(5)18(26)22-12)25(10-21-15)20(2,3)4;1-9-10(6-11(25)13(18)27-8-24)23-15(26)12-14(21(5)16(23)20-9)22(7-19-12)17(2,3)4;1-8-6-17-11(19)9-10(16(5)12(17)15-8)18(7-14-9)13(2,3)4;;;;;/h9-10,12,14-16,30H,7-8H2,1-6H3,(H,23,29);9-10,12,14-16,28H,7-8H2,1-6H3,(H,23,30);10-11,13,15-16H,7-9H2,1-6H3,(H,23,29);7-8,11-14,25H,6,18H2,1-5H3;6-7,9-10H,1-5H3;5*1H4. The number of rotatable bonds is 27. The molecule has 52 heteroatoms. The highest BCUT2D eigenvalue weighted by Crippen LogP contribution is 2.42. The number of hydrogen-bond donors (Lipinski definition) is 7. The number of methoxy groups -OCH3 is 3. The van der Waals surface area contributed by atoms with Crippen LogP contribution in [-0.4, -0.2) is 401 Å². The Morgan fingerprint density at radius 3 is 1.01 bits per heavy atom. The van der Waals surface area contributed by atoms with Crippen LogP contribution >= 0.6 is 0 Å². The number of carbonyl (C=O) groups excluding carboxylic acids is 12. The number of aromatic nitrogens is 10. The molecule has 0 spiro atoms. The first-order valence-corrected chi connectivity index (χ1v) is 46.1. The summed E-state index contributed by atoms with van der Waals surface area (Å²) in [7, 11) is 13.1. The second-order valence-corrected chi connectivity index (χ2v) is 40.7. The third-order valence-electron chi connectivity index (χ3n) is 26.0. The number of aliphatic imine (C=N–C) groups is 5. The molecule has 818 valence electrons. The molecule has 0 aromatic carbocycles. The molecule has 10 aliphatic heterocycles. The van der Waals surface area contributed by atoms with Crippen molar-refractivity contribution in [3.8, 4) is 0 Å². The summed E-state index contributed by atoms with van der Waals surface area (Å²) in [5, 5.41) is 38.1. The molecule has 8 N–H and O–H groups in total. The molecule has 5 aromatic rings. The minimum absolute atomic E-state index is 0. The van der Waals surface area contributed by atoms with E-state index in [1.54, 1.807) is 67.8 Å². The Hall–Kier alpha value is -13.8. The van der Waals surface area contributed by atoms with Gasteiger partial charge in [-0.05, 0) is 151 Å². The second kappa shape index (κ2) is 48.3. The van der Waals surface area contributed by atoms with Gasteiger partial charge in [-0.15, -0.1) is 0 Å². The number of nitrogens with two attached hydrogens (primary N) is 1. The Labute approximate surface area is 858 Å². The van der Waals surface area contributed by atoms with Crippen LogP contribution in [0.5, 0.6) is 0 Å². The van der Waals surface area contributed by atoms with Crippen LogP contribution in [0.15, 0.2) is 31.2 Å². The molecular weight excluding hydrogens is 1920 g/mol. The van der Waals surface area contributed by atoms with Gasteiger partial charge in [-0.3, -0.25) is 102 Å². The van der Waals surface area contributed by atoms with Gasteiger partial charge < -0.3 is 108 Å². The topological polar surface area (TPSA) is 585 Å². The molecule has 17 unspecified atom stereocenters. The molecule has 10 aliphatic rings. The van der Waals surface area contributed by atoms with Gasteiger partial charge in [0.2, 0.25) is 29.7 Å². The lowest BCUT2D eigenvalue weighted by atomic mass is 10.0. The van der Waals surface area contributed by atoms with Crippen molar-refractivity contribution in [3.63, 3.8) is 0 Å². The van der Waals surface area contributed by atoms with Crippen LogP contribution < -0.4 is 46.2 Å². The van der Waals surface area contributed by atoms with Gasteiger partial charge in [0.05, 0.1) is 128 Å². The number of imidazole rings is 5. The number of aliphatic hydroxyl groups excluding tert-OH is 2. The number of carbonyl (C=O) groups is 12. The van der Waals surface area contributed by atoms with Crippen molar-refractivity contribution in [2.75, 3.05) is 101 Å². The maximum Gasteiger partial charge on any atom is 0.407 e. The number of nitrogens with one attached hydrogen (secondary N) is 3. The van der Waals surface area contributed by atoms with Gasteiger partial charge in [0.15, 0.2) is 36.4 Å². The highest BCUT2D eigenvalue weighted by atomic mass is 17.1. The molecule has 3 amide bonds. The van der Waals surface area contributed by atoms with Crippen LogP contribution in [-0.2, 0) is 82.9 Å². The van der Waals surface area contributed by atoms with Crippen LogP contribution in [0.1, 0.15) is 223 Å². The molecule has 0 aliphatic carbocycles. The summed E-state index contributed by atoms with van der Waals surface area (Å²) >= 11 is 0. The van der Waals surface area contributed by atoms with Crippen molar-refractivity contribution in [3.05, 3.63) is 57.4 Å². The zero-order valence-electron chi connectivity index (χ0n) is 85.5. The first kappa shape index (κ1) is 122. The van der Waals surface area contributed by atoms with Crippen molar-refractivity contribution >= 4 is 135 Å². The molecule has 0 saturated heterocycles. The van der Waals surface area contributed by atoms with Crippen molar-refractivity contribution < 1.29 is 111 Å². The summed E-state index contributed by atoms with van der Waals surface area (Å²) in [6, 6.07) is -5.17. The predicted octanol–water partition coefficient (Wildman–Crippen LogP) is 5.06. The smallest absolute Gasteiger partial charge is 0.407 e. The third kappa shape index (κ3) is 24.7. The lowest BCUT2D eigenvalue weighted by Gasteiger charge is -2.44. The van der Waals surface area contributed by atoms with Crippen molar-refractivity contribution in [2.24, 2.45) is 30.7 Å². The molecule has 17 atom stereocenters. The van der Waals surface area contributed by atoms with E-state index in [1.807, 2.05) is 130 Å². The largest absolute Gasteiger partial charge is 0.466 e. The normalized spacial score (nSPS) is 21.6. The lowest BCUT2D eigenvalue weighted by molar-refractivity contribution is -0.285. The first-order chi connectivity index (χ1) is 66.5. The van der Waals surface area contributed by atoms with E-state index in [0.717, 1.165) is 17.1 Å². The first-order valence-electron chi connectivity index (χ1n) is 46.1. The number of aliphatic hydroxyl groups is 2. The Morgan fingerprint density at radius 2 is 0.687 bits per heavy atom. The summed E-state index contributed by atoms with van der Waals surface area (Å²) < 4.78 is 40.4. The van der Waals surface area contributed by atoms with Crippen molar-refractivity contribution in [1.29, 1.82) is 0 Å². The molecule has 52 nitrogen and oxygen atoms in total. The molecule has 147 heavy (non-hydrogen) atoms. The second-order valence-electron chi connectivity index (χ2n) is 40.7. The summed E-state index contributed by atoms with van der Waals surface area (Å²) in [6.07, 6.45) is 3.30. The fourth-order valence-corrected chi connectivity index (χ4v) is 18.6. The quantitative estimate of drug-likeness (QED) is 0.0119. The van der Waals surface area contributed by atoms with Gasteiger partial charge >= 0.3 is 18.3 Å². The molecule has 15 rings (SSSR count). The highest BCUT2D eigenvalue weighted by molar-refractivity contribution is 5.98. The number of ether oxygens (including phenoxy) is 7. The minimum atomic E-state index is -1.18. The van der Waals surface area contributed by atoms with Crippen LogP contribution in [0.3, 0.4) is 0 Å². The third-order valence-corrected chi connectivity index (χ3v) is 26.0. The highest BCUT2D eigenvalue weighted by Gasteiger charge is 2.56. The van der Waals surface area contributed by atoms with E-state index in [2.05, 4.69) is 162 Å². The lowest BCUT2D eigenvalue weighted by Crippen LogP contribution is -2.61. The van der Waals surface area contributed by atoms with Gasteiger partial charge in [-0.1, -0.05) is 37.1 Å². The van der Waals surface area contributed by atoms with Crippen molar-refractivity contribution in [2.45, 2.75) is 339 Å². The Balaban J connectivity index is 0.000000281. The van der Waals surface area contributed by atoms with Crippen LogP contribution in [0, 0.1) is 34.6 Å². The van der Waals surface area contributed by atoms with E-state index in [-0.39, 0.29) is 190 Å². The number of fused-ring (bicyclic) bond motifs is 10. The monoisotopic (exact) mass is 2070 g/mol. The summed E-state index contributed by atoms with van der Waals surface area (Å²) in [5.41, 5.74) is 10.2. The predicted molar refractivity (Wildman–Crippen MR) is 550 cm³/mol. The zero-order valence-corrected chi connectivity index (χ0v) is 85.5. The number of amides is 3. The van der Waals surface area contributed by atoms with E-state index >= 15 is 0 Å². The summed E-state index contributed by atoms with van der Waals surface area (Å²) in [6.45, 7) is 40.4. The van der Waals surface area contributed by atoms with Crippen LogP contribution in [0.25, 0.3) is 0 Å². The maximum atomic E-state index is 13.5. The number of alkyl carbamates (subject to hydrolysis) is 3. The number of nitrogens with zero attached hydrogens (tertiary/aromatic N) is 25. The average Bonchev–Trinajstić information content (AvgIpc) is 1.58. The van der Waals surface area contributed by atoms with Gasteiger partial charge in [0, 0.05) is 88.4 Å². The molecule has 15 heterocycles. The van der Waals surface area contributed by atoms with E-state index < -0.39 is 85.1 Å². The van der Waals surface area contributed by atoms with Gasteiger partial charge in [0.1, 0.15) is 62.9 Å². The van der Waals surface area contributed by atoms with Crippen molar-refractivity contribution in [1.82, 2.24) is 88.2 Å². The molecular formula is C95H155N29O23. The molecule has 0 radical (unpaired) electrons. The minimum Gasteiger partial charge on any atom is -0.466 e. The molecule has 0 fully saturated rings. The van der Waals surface area contributed by atoms with Gasteiger partial charge in [-0.25, -0.2) is 44.2 Å². The van der Waals surface area contributed by atoms with E-state index in [4.69, 9.17) is 19.9 Å². The van der Waals surface area contributed by atoms with Gasteiger partial charge in [-0.2, -0.15) is 0 Å². The Kier molecular flexibility index (Phi) is 40.0. The number of aryl methyl sites for hydroxylation is 5. The Morgan fingerprint density at radius 1 is 0.401 bits per heavy atom. The molecule has 0 saturated carbocycles. The zero-order chi connectivity index (χ0) is 105. The van der Waals surface area contributed by atoms with Crippen LogP contribution in [0.2, 0.25) is 0 Å².